The summed E-state index contributed by atoms with van der Waals surface area (Å²) in [6.07, 6.45) is 0. The molecule has 0 bridgehead atoms. The molecule has 0 spiro atoms. The van der Waals surface area contributed by atoms with E-state index < -0.39 is 0 Å². The number of rotatable bonds is 9. The Bertz CT molecular complexity index is 1190. The summed E-state index contributed by atoms with van der Waals surface area (Å²) >= 11 is 0. The summed E-state index contributed by atoms with van der Waals surface area (Å²) in [4.78, 5) is 31.5. The van der Waals surface area contributed by atoms with Crippen LogP contribution >= 0.6 is 0 Å². The molecule has 3 aromatic rings. The van der Waals surface area contributed by atoms with Gasteiger partial charge >= 0.3 is 0 Å². The first-order valence-electron chi connectivity index (χ1n) is 12.8. The molecule has 7 heteroatoms. The van der Waals surface area contributed by atoms with E-state index in [0.717, 1.165) is 60.9 Å². The highest BCUT2D eigenvalue weighted by atomic mass is 16.2. The zero-order valence-corrected chi connectivity index (χ0v) is 22.0. The molecule has 1 heterocycles. The van der Waals surface area contributed by atoms with E-state index in [-0.39, 0.29) is 24.9 Å². The van der Waals surface area contributed by atoms with Crippen molar-refractivity contribution in [3.8, 4) is 0 Å². The summed E-state index contributed by atoms with van der Waals surface area (Å²) in [6, 6.07) is 24.4. The molecule has 1 fully saturated rings. The van der Waals surface area contributed by atoms with Crippen LogP contribution in [0.15, 0.2) is 72.8 Å². The first-order chi connectivity index (χ1) is 17.9. The highest BCUT2D eigenvalue weighted by Gasteiger charge is 2.18. The number of aryl methyl sites for hydroxylation is 1. The van der Waals surface area contributed by atoms with Crippen LogP contribution in [0.1, 0.15) is 16.7 Å². The molecule has 4 rings (SSSR count). The van der Waals surface area contributed by atoms with Gasteiger partial charge in [-0.1, -0.05) is 42.5 Å². The van der Waals surface area contributed by atoms with Gasteiger partial charge in [0.2, 0.25) is 11.8 Å². The summed E-state index contributed by atoms with van der Waals surface area (Å²) in [5.41, 5.74) is 6.25. The lowest BCUT2D eigenvalue weighted by atomic mass is 10.1. The van der Waals surface area contributed by atoms with Gasteiger partial charge in [-0.15, -0.1) is 0 Å². The third kappa shape index (κ3) is 7.65. The number of likely N-dealkylation sites (N-methyl/N-ethyl adjacent to an activating group) is 1. The maximum absolute atomic E-state index is 12.5. The second kappa shape index (κ2) is 12.5. The lowest BCUT2D eigenvalue weighted by molar-refractivity contribution is -0.119. The Morgan fingerprint density at radius 2 is 1.43 bits per heavy atom. The van der Waals surface area contributed by atoms with Crippen molar-refractivity contribution in [1.82, 2.24) is 9.80 Å². The van der Waals surface area contributed by atoms with Gasteiger partial charge in [-0.2, -0.15) is 0 Å². The van der Waals surface area contributed by atoms with E-state index in [9.17, 15) is 9.59 Å². The summed E-state index contributed by atoms with van der Waals surface area (Å²) in [5.74, 6) is -0.290. The Morgan fingerprint density at radius 3 is 2.11 bits per heavy atom. The van der Waals surface area contributed by atoms with E-state index in [0.29, 0.717) is 0 Å². The molecule has 0 radical (unpaired) electrons. The quantitative estimate of drug-likeness (QED) is 0.463. The third-order valence-electron chi connectivity index (χ3n) is 6.84. The van der Waals surface area contributed by atoms with Crippen molar-refractivity contribution in [1.29, 1.82) is 0 Å². The van der Waals surface area contributed by atoms with Gasteiger partial charge in [0.05, 0.1) is 13.1 Å². The Labute approximate surface area is 220 Å². The fourth-order valence-corrected chi connectivity index (χ4v) is 4.58. The minimum Gasteiger partial charge on any atom is -0.369 e. The summed E-state index contributed by atoms with van der Waals surface area (Å²) < 4.78 is 0. The maximum atomic E-state index is 12.5. The minimum atomic E-state index is -0.149. The van der Waals surface area contributed by atoms with E-state index in [4.69, 9.17) is 0 Å². The molecule has 3 aromatic carbocycles. The van der Waals surface area contributed by atoms with Crippen LogP contribution in [0.25, 0.3) is 0 Å². The predicted octanol–water partition coefficient (Wildman–Crippen LogP) is 4.13. The van der Waals surface area contributed by atoms with Gasteiger partial charge in [-0.3, -0.25) is 19.4 Å². The van der Waals surface area contributed by atoms with E-state index in [1.165, 1.54) is 5.56 Å². The van der Waals surface area contributed by atoms with Crippen molar-refractivity contribution in [2.75, 3.05) is 61.8 Å². The number of hydrogen-bond acceptors (Lipinski definition) is 5. The van der Waals surface area contributed by atoms with Crippen LogP contribution in [0.3, 0.4) is 0 Å². The van der Waals surface area contributed by atoms with Crippen molar-refractivity contribution < 1.29 is 9.59 Å². The Balaban J connectivity index is 1.20. The standard InChI is InChI=1S/C30H37N5O2/c1-23-8-7-11-28(24(23)2)32-30(37)22-33(3)21-29(36)31-26-12-14-27(15-13-26)35-18-16-34(17-19-35)20-25-9-5-4-6-10-25/h4-15H,16-22H2,1-3H3,(H,31,36)(H,32,37). The van der Waals surface area contributed by atoms with E-state index >= 15 is 0 Å². The molecule has 0 atom stereocenters. The molecule has 0 unspecified atom stereocenters. The zero-order valence-electron chi connectivity index (χ0n) is 22.0. The van der Waals surface area contributed by atoms with Gasteiger partial charge in [0.25, 0.3) is 0 Å². The Kier molecular flexibility index (Phi) is 8.93. The van der Waals surface area contributed by atoms with Crippen molar-refractivity contribution in [3.05, 3.63) is 89.5 Å². The predicted molar refractivity (Wildman–Crippen MR) is 151 cm³/mol. The molecular weight excluding hydrogens is 462 g/mol. The summed E-state index contributed by atoms with van der Waals surface area (Å²) in [6.45, 7) is 9.26. The number of piperazine rings is 1. The van der Waals surface area contributed by atoms with Crippen LogP contribution in [-0.2, 0) is 16.1 Å². The summed E-state index contributed by atoms with van der Waals surface area (Å²) in [7, 11) is 1.77. The van der Waals surface area contributed by atoms with E-state index in [1.54, 1.807) is 11.9 Å². The SMILES string of the molecule is Cc1cccc(NC(=O)CN(C)CC(=O)Nc2ccc(N3CCN(Cc4ccccc4)CC3)cc2)c1C. The first-order valence-corrected chi connectivity index (χ1v) is 12.8. The number of carbonyl (C=O) groups excluding carboxylic acids is 2. The zero-order chi connectivity index (χ0) is 26.2. The van der Waals surface area contributed by atoms with Crippen LogP contribution in [0.5, 0.6) is 0 Å². The van der Waals surface area contributed by atoms with Gasteiger partial charge in [-0.25, -0.2) is 0 Å². The highest BCUT2D eigenvalue weighted by molar-refractivity contribution is 5.95. The van der Waals surface area contributed by atoms with Crippen molar-refractivity contribution in [2.24, 2.45) is 0 Å². The normalized spacial score (nSPS) is 14.0. The second-order valence-electron chi connectivity index (χ2n) is 9.81. The molecule has 1 saturated heterocycles. The average molecular weight is 500 g/mol. The van der Waals surface area contributed by atoms with Gasteiger partial charge in [0.1, 0.15) is 0 Å². The van der Waals surface area contributed by atoms with E-state index in [1.807, 2.05) is 44.2 Å². The lowest BCUT2D eigenvalue weighted by Crippen LogP contribution is -2.45. The molecule has 0 aliphatic carbocycles. The van der Waals surface area contributed by atoms with Crippen molar-refractivity contribution >= 4 is 28.9 Å². The molecule has 1 aliphatic heterocycles. The van der Waals surface area contributed by atoms with Gasteiger partial charge in [0, 0.05) is 49.8 Å². The first kappa shape index (κ1) is 26.4. The molecule has 1 aliphatic rings. The molecule has 194 valence electrons. The Morgan fingerprint density at radius 1 is 0.784 bits per heavy atom. The van der Waals surface area contributed by atoms with Gasteiger partial charge < -0.3 is 15.5 Å². The van der Waals surface area contributed by atoms with Gasteiger partial charge in [-0.05, 0) is 67.9 Å². The average Bonchev–Trinajstić information content (AvgIpc) is 2.88. The molecule has 37 heavy (non-hydrogen) atoms. The molecule has 0 aromatic heterocycles. The van der Waals surface area contributed by atoms with E-state index in [2.05, 4.69) is 62.9 Å². The second-order valence-corrected chi connectivity index (χ2v) is 9.81. The van der Waals surface area contributed by atoms with Gasteiger partial charge in [0.15, 0.2) is 0 Å². The number of amides is 2. The van der Waals surface area contributed by atoms with Crippen LogP contribution in [0.4, 0.5) is 17.1 Å². The Hall–Kier alpha value is -3.68. The lowest BCUT2D eigenvalue weighted by Gasteiger charge is -2.36. The molecular formula is C30H37N5O2. The monoisotopic (exact) mass is 499 g/mol. The number of benzene rings is 3. The highest BCUT2D eigenvalue weighted by Crippen LogP contribution is 2.21. The fourth-order valence-electron chi connectivity index (χ4n) is 4.58. The maximum Gasteiger partial charge on any atom is 0.238 e. The fraction of sp³-hybridized carbons (Fsp3) is 0.333. The van der Waals surface area contributed by atoms with Crippen LogP contribution in [-0.4, -0.2) is 67.9 Å². The number of anilines is 3. The van der Waals surface area contributed by atoms with Crippen molar-refractivity contribution in [3.63, 3.8) is 0 Å². The van der Waals surface area contributed by atoms with Crippen molar-refractivity contribution in [2.45, 2.75) is 20.4 Å². The number of nitrogens with zero attached hydrogens (tertiary/aromatic N) is 3. The van der Waals surface area contributed by atoms with Crippen LogP contribution < -0.4 is 15.5 Å². The molecule has 7 nitrogen and oxygen atoms in total. The van der Waals surface area contributed by atoms with Crippen LogP contribution in [0, 0.1) is 13.8 Å². The number of nitrogens with one attached hydrogen (secondary N) is 2. The molecule has 2 amide bonds. The van der Waals surface area contributed by atoms with Crippen LogP contribution in [0.2, 0.25) is 0 Å². The molecule has 2 N–H and O–H groups in total. The minimum absolute atomic E-state index is 0.130. The number of hydrogen-bond donors (Lipinski definition) is 2. The smallest absolute Gasteiger partial charge is 0.238 e. The largest absolute Gasteiger partial charge is 0.369 e. The number of carbonyl (C=O) groups is 2. The third-order valence-corrected chi connectivity index (χ3v) is 6.84. The topological polar surface area (TPSA) is 67.9 Å². The molecule has 0 saturated carbocycles. The summed E-state index contributed by atoms with van der Waals surface area (Å²) in [5, 5.41) is 5.87.